The lowest BCUT2D eigenvalue weighted by Crippen LogP contribution is -2.54. The van der Waals surface area contributed by atoms with E-state index in [1.54, 1.807) is 20.8 Å². The molecule has 1 amide bonds. The fourth-order valence-corrected chi connectivity index (χ4v) is 1.37. The molecule has 0 aliphatic carbocycles. The summed E-state index contributed by atoms with van der Waals surface area (Å²) in [5.41, 5.74) is -0.316. The number of carboxylic acid groups (broad SMARTS) is 1. The molecule has 0 bridgehead atoms. The van der Waals surface area contributed by atoms with Gasteiger partial charge in [-0.3, -0.25) is 14.9 Å². The first kappa shape index (κ1) is 15.9. The number of carboxylic acids is 1. The van der Waals surface area contributed by atoms with Gasteiger partial charge in [0, 0.05) is 5.54 Å². The van der Waals surface area contributed by atoms with Crippen molar-refractivity contribution in [3.8, 4) is 0 Å². The quantitative estimate of drug-likeness (QED) is 0.674. The molecule has 2 unspecified atom stereocenters. The molecule has 0 aliphatic heterocycles. The van der Waals surface area contributed by atoms with Gasteiger partial charge in [-0.05, 0) is 33.6 Å². The van der Waals surface area contributed by atoms with Crippen LogP contribution in [0.25, 0.3) is 0 Å². The van der Waals surface area contributed by atoms with Crippen LogP contribution in [0.15, 0.2) is 0 Å². The zero-order valence-electron chi connectivity index (χ0n) is 11.5. The lowest BCUT2D eigenvalue weighted by molar-refractivity contribution is -0.141. The van der Waals surface area contributed by atoms with Gasteiger partial charge in [-0.1, -0.05) is 13.8 Å². The first-order chi connectivity index (χ1) is 7.54. The highest BCUT2D eigenvalue weighted by Gasteiger charge is 2.27. The van der Waals surface area contributed by atoms with Crippen LogP contribution >= 0.6 is 0 Å². The molecular weight excluding hydrogens is 220 g/mol. The summed E-state index contributed by atoms with van der Waals surface area (Å²) in [6.45, 7) is 10.9. The van der Waals surface area contributed by atoms with Crippen LogP contribution in [0.5, 0.6) is 0 Å². The summed E-state index contributed by atoms with van der Waals surface area (Å²) in [6, 6.07) is -1.24. The molecule has 0 saturated heterocycles. The van der Waals surface area contributed by atoms with E-state index in [-0.39, 0.29) is 17.4 Å². The Morgan fingerprint density at radius 1 is 1.12 bits per heavy atom. The molecule has 0 radical (unpaired) electrons. The van der Waals surface area contributed by atoms with Crippen molar-refractivity contribution >= 4 is 11.9 Å². The third-order valence-corrected chi connectivity index (χ3v) is 2.25. The Balaban J connectivity index is 4.46. The van der Waals surface area contributed by atoms with Crippen molar-refractivity contribution in [1.82, 2.24) is 10.6 Å². The molecule has 0 spiro atoms. The number of hydrogen-bond donors (Lipinski definition) is 3. The summed E-state index contributed by atoms with van der Waals surface area (Å²) < 4.78 is 0. The van der Waals surface area contributed by atoms with Gasteiger partial charge in [0.05, 0.1) is 6.04 Å². The van der Waals surface area contributed by atoms with Crippen LogP contribution in [-0.2, 0) is 9.59 Å². The standard InChI is InChI=1S/C12H24N2O3/c1-7(2)9(11(16)17)13-8(3)10(15)14-12(4,5)6/h7-9,13H,1-6H3,(H,14,15)(H,16,17). The van der Waals surface area contributed by atoms with Gasteiger partial charge in [-0.15, -0.1) is 0 Å². The van der Waals surface area contributed by atoms with E-state index in [9.17, 15) is 9.59 Å². The van der Waals surface area contributed by atoms with Gasteiger partial charge in [-0.2, -0.15) is 0 Å². The van der Waals surface area contributed by atoms with Crippen LogP contribution in [0.4, 0.5) is 0 Å². The Hall–Kier alpha value is -1.10. The molecule has 0 aromatic rings. The van der Waals surface area contributed by atoms with Crippen molar-refractivity contribution in [2.75, 3.05) is 0 Å². The molecule has 5 heteroatoms. The van der Waals surface area contributed by atoms with E-state index in [0.717, 1.165) is 0 Å². The number of carbonyl (C=O) groups excluding carboxylic acids is 1. The summed E-state index contributed by atoms with van der Waals surface area (Å²) in [4.78, 5) is 22.8. The van der Waals surface area contributed by atoms with E-state index >= 15 is 0 Å². The maximum Gasteiger partial charge on any atom is 0.320 e. The monoisotopic (exact) mass is 244 g/mol. The number of amides is 1. The van der Waals surface area contributed by atoms with Gasteiger partial charge in [0.25, 0.3) is 0 Å². The van der Waals surface area contributed by atoms with Crippen LogP contribution in [0.2, 0.25) is 0 Å². The summed E-state index contributed by atoms with van der Waals surface area (Å²) in [5.74, 6) is -1.20. The van der Waals surface area contributed by atoms with Crippen molar-refractivity contribution in [3.05, 3.63) is 0 Å². The van der Waals surface area contributed by atoms with E-state index in [0.29, 0.717) is 0 Å². The second-order valence-electron chi connectivity index (χ2n) is 5.69. The topological polar surface area (TPSA) is 78.4 Å². The molecular formula is C12H24N2O3. The molecule has 0 heterocycles. The minimum atomic E-state index is -0.935. The number of rotatable bonds is 5. The third-order valence-electron chi connectivity index (χ3n) is 2.25. The second-order valence-corrected chi connectivity index (χ2v) is 5.69. The highest BCUT2D eigenvalue weighted by Crippen LogP contribution is 2.04. The first-order valence-electron chi connectivity index (χ1n) is 5.85. The smallest absolute Gasteiger partial charge is 0.320 e. The van der Waals surface area contributed by atoms with E-state index < -0.39 is 18.1 Å². The lowest BCUT2D eigenvalue weighted by Gasteiger charge is -2.26. The van der Waals surface area contributed by atoms with Crippen LogP contribution < -0.4 is 10.6 Å². The van der Waals surface area contributed by atoms with Gasteiger partial charge in [-0.25, -0.2) is 0 Å². The molecule has 100 valence electrons. The average molecular weight is 244 g/mol. The van der Waals surface area contributed by atoms with E-state index in [1.165, 1.54) is 0 Å². The molecule has 0 rings (SSSR count). The molecule has 0 aliphatic rings. The lowest BCUT2D eigenvalue weighted by atomic mass is 10.0. The van der Waals surface area contributed by atoms with E-state index in [4.69, 9.17) is 5.11 Å². The molecule has 5 nitrogen and oxygen atoms in total. The summed E-state index contributed by atoms with van der Waals surface area (Å²) in [6.07, 6.45) is 0. The van der Waals surface area contributed by atoms with Crippen LogP contribution in [0.3, 0.4) is 0 Å². The average Bonchev–Trinajstić information content (AvgIpc) is 2.09. The minimum Gasteiger partial charge on any atom is -0.480 e. The molecule has 0 aromatic carbocycles. The maximum absolute atomic E-state index is 11.8. The fraction of sp³-hybridized carbons (Fsp3) is 0.833. The zero-order valence-corrected chi connectivity index (χ0v) is 11.5. The van der Waals surface area contributed by atoms with E-state index in [2.05, 4.69) is 10.6 Å². The molecule has 0 saturated carbocycles. The molecule has 0 fully saturated rings. The molecule has 3 N–H and O–H groups in total. The van der Waals surface area contributed by atoms with Crippen molar-refractivity contribution in [2.24, 2.45) is 5.92 Å². The third kappa shape index (κ3) is 6.26. The van der Waals surface area contributed by atoms with E-state index in [1.807, 2.05) is 20.8 Å². The second kappa shape index (κ2) is 6.00. The number of carbonyl (C=O) groups is 2. The maximum atomic E-state index is 11.8. The molecule has 17 heavy (non-hydrogen) atoms. The van der Waals surface area contributed by atoms with Gasteiger partial charge >= 0.3 is 5.97 Å². The Morgan fingerprint density at radius 3 is 1.88 bits per heavy atom. The van der Waals surface area contributed by atoms with Gasteiger partial charge in [0.2, 0.25) is 5.91 Å². The Kier molecular flexibility index (Phi) is 5.61. The van der Waals surface area contributed by atoms with Crippen LogP contribution in [-0.4, -0.2) is 34.6 Å². The van der Waals surface area contributed by atoms with Gasteiger partial charge in [0.1, 0.15) is 6.04 Å². The predicted octanol–water partition coefficient (Wildman–Crippen LogP) is 0.988. The normalized spacial score (nSPS) is 15.5. The number of aliphatic carboxylic acids is 1. The Labute approximate surface area is 103 Å². The number of nitrogens with one attached hydrogen (secondary N) is 2. The van der Waals surface area contributed by atoms with Crippen molar-refractivity contribution in [1.29, 1.82) is 0 Å². The Morgan fingerprint density at radius 2 is 1.59 bits per heavy atom. The fourth-order valence-electron chi connectivity index (χ4n) is 1.37. The van der Waals surface area contributed by atoms with Crippen LogP contribution in [0.1, 0.15) is 41.5 Å². The van der Waals surface area contributed by atoms with Crippen molar-refractivity contribution in [3.63, 3.8) is 0 Å². The molecule has 0 aromatic heterocycles. The minimum absolute atomic E-state index is 0.0719. The van der Waals surface area contributed by atoms with Gasteiger partial charge < -0.3 is 10.4 Å². The highest BCUT2D eigenvalue weighted by molar-refractivity contribution is 5.83. The van der Waals surface area contributed by atoms with Crippen LogP contribution in [0, 0.1) is 5.92 Å². The van der Waals surface area contributed by atoms with Crippen molar-refractivity contribution in [2.45, 2.75) is 59.2 Å². The highest BCUT2D eigenvalue weighted by atomic mass is 16.4. The summed E-state index contributed by atoms with van der Waals surface area (Å²) >= 11 is 0. The largest absolute Gasteiger partial charge is 0.480 e. The summed E-state index contributed by atoms with van der Waals surface area (Å²) in [5, 5.41) is 14.6. The predicted molar refractivity (Wildman–Crippen MR) is 66.8 cm³/mol. The Bertz CT molecular complexity index is 282. The number of hydrogen-bond acceptors (Lipinski definition) is 3. The summed E-state index contributed by atoms with van der Waals surface area (Å²) in [7, 11) is 0. The molecule has 2 atom stereocenters. The van der Waals surface area contributed by atoms with Crippen molar-refractivity contribution < 1.29 is 14.7 Å². The first-order valence-corrected chi connectivity index (χ1v) is 5.85. The van der Waals surface area contributed by atoms with Gasteiger partial charge in [0.15, 0.2) is 0 Å². The zero-order chi connectivity index (χ0) is 13.8. The SMILES string of the molecule is CC(NC(C(=O)O)C(C)C)C(=O)NC(C)(C)C.